The molecule has 0 radical (unpaired) electrons. The van der Waals surface area contributed by atoms with Crippen molar-refractivity contribution in [2.45, 2.75) is 27.7 Å². The number of aromatic nitrogens is 1. The van der Waals surface area contributed by atoms with Crippen LogP contribution in [0.15, 0.2) is 52.8 Å². The molecule has 0 bridgehead atoms. The zero-order valence-electron chi connectivity index (χ0n) is 13.8. The van der Waals surface area contributed by atoms with E-state index >= 15 is 0 Å². The first kappa shape index (κ1) is 18.6. The summed E-state index contributed by atoms with van der Waals surface area (Å²) in [6, 6.07) is 10.9. The van der Waals surface area contributed by atoms with Gasteiger partial charge in [-0.2, -0.15) is 0 Å². The smallest absolute Gasteiger partial charge is 0.261 e. The number of para-hydroxylation sites is 1. The number of benzene rings is 1. The number of thiophene rings is 1. The van der Waals surface area contributed by atoms with Gasteiger partial charge in [0.2, 0.25) is 5.43 Å². The molecule has 23 heavy (non-hydrogen) atoms. The molecule has 0 spiro atoms. The predicted octanol–water partition coefficient (Wildman–Crippen LogP) is 4.89. The van der Waals surface area contributed by atoms with Gasteiger partial charge in [-0.05, 0) is 23.6 Å². The Hall–Kier alpha value is -2.40. The summed E-state index contributed by atoms with van der Waals surface area (Å²) in [5, 5.41) is 4.52. The lowest BCUT2D eigenvalue weighted by Gasteiger charge is -2.04. The molecule has 0 saturated carbocycles. The molecule has 1 aromatic carbocycles. The Labute approximate surface area is 140 Å². The fourth-order valence-electron chi connectivity index (χ4n) is 1.83. The van der Waals surface area contributed by atoms with Crippen molar-refractivity contribution in [2.75, 3.05) is 5.32 Å². The van der Waals surface area contributed by atoms with Crippen LogP contribution in [0.25, 0.3) is 10.2 Å². The molecule has 0 aliphatic rings. The van der Waals surface area contributed by atoms with Crippen LogP contribution in [0.5, 0.6) is 0 Å². The summed E-state index contributed by atoms with van der Waals surface area (Å²) >= 11 is 1.33. The maximum Gasteiger partial charge on any atom is 0.261 e. The molecule has 3 rings (SSSR count). The standard InChI is InChI=1S/C14H10N2O2S.2C2H6/c17-12-10(8-15-11-6-7-19-13(11)12)14(18)16-9-4-2-1-3-5-9;2*1-2/h1-8H,(H,15,17)(H,16,18);2*1-2H3. The molecule has 1 amide bonds. The molecule has 2 N–H and O–H groups in total. The molecule has 0 aliphatic carbocycles. The molecule has 122 valence electrons. The first-order valence-electron chi connectivity index (χ1n) is 7.71. The highest BCUT2D eigenvalue weighted by atomic mass is 32.1. The van der Waals surface area contributed by atoms with Crippen LogP contribution in [0.4, 0.5) is 5.69 Å². The Morgan fingerprint density at radius 1 is 1.04 bits per heavy atom. The summed E-state index contributed by atoms with van der Waals surface area (Å²) in [7, 11) is 0. The third-order valence-electron chi connectivity index (χ3n) is 2.76. The molecule has 2 heterocycles. The minimum absolute atomic E-state index is 0.124. The number of pyridine rings is 1. The van der Waals surface area contributed by atoms with Crippen molar-refractivity contribution >= 4 is 33.1 Å². The fraction of sp³-hybridized carbons (Fsp3) is 0.222. The lowest BCUT2D eigenvalue weighted by atomic mass is 10.2. The fourth-order valence-corrected chi connectivity index (χ4v) is 2.64. The molecule has 0 atom stereocenters. The number of nitrogens with one attached hydrogen (secondary N) is 2. The number of amides is 1. The first-order valence-corrected chi connectivity index (χ1v) is 8.59. The van der Waals surface area contributed by atoms with E-state index in [-0.39, 0.29) is 11.0 Å². The van der Waals surface area contributed by atoms with Gasteiger partial charge in [0.25, 0.3) is 5.91 Å². The number of rotatable bonds is 2. The second-order valence-corrected chi connectivity index (χ2v) is 4.93. The molecule has 0 unspecified atom stereocenters. The second-order valence-electron chi connectivity index (χ2n) is 4.02. The lowest BCUT2D eigenvalue weighted by Crippen LogP contribution is -2.21. The third kappa shape index (κ3) is 4.53. The van der Waals surface area contributed by atoms with Gasteiger partial charge < -0.3 is 10.3 Å². The van der Waals surface area contributed by atoms with Crippen molar-refractivity contribution in [3.05, 3.63) is 63.8 Å². The maximum absolute atomic E-state index is 12.2. The summed E-state index contributed by atoms with van der Waals surface area (Å²) in [5.41, 5.74) is 1.31. The first-order chi connectivity index (χ1) is 11.3. The monoisotopic (exact) mass is 330 g/mol. The summed E-state index contributed by atoms with van der Waals surface area (Å²) in [5.74, 6) is -0.400. The Bertz CT molecular complexity index is 791. The Balaban J connectivity index is 0.000000615. The molecule has 0 aliphatic heterocycles. The number of fused-ring (bicyclic) bond motifs is 1. The normalized spacial score (nSPS) is 9.22. The Kier molecular flexibility index (Phi) is 7.77. The Morgan fingerprint density at radius 3 is 2.35 bits per heavy atom. The lowest BCUT2D eigenvalue weighted by molar-refractivity contribution is 0.102. The van der Waals surface area contributed by atoms with Crippen LogP contribution < -0.4 is 10.7 Å². The molecular formula is C18H22N2O2S. The average Bonchev–Trinajstić information content (AvgIpc) is 3.09. The van der Waals surface area contributed by atoms with E-state index in [9.17, 15) is 9.59 Å². The zero-order chi connectivity index (χ0) is 17.2. The van der Waals surface area contributed by atoms with Gasteiger partial charge in [0.15, 0.2) is 0 Å². The highest BCUT2D eigenvalue weighted by Gasteiger charge is 2.13. The number of anilines is 1. The summed E-state index contributed by atoms with van der Waals surface area (Å²) in [6.45, 7) is 8.00. The third-order valence-corrected chi connectivity index (χ3v) is 3.68. The van der Waals surface area contributed by atoms with E-state index in [0.29, 0.717) is 10.4 Å². The van der Waals surface area contributed by atoms with E-state index in [1.807, 2.05) is 57.3 Å². The van der Waals surface area contributed by atoms with Gasteiger partial charge in [-0.3, -0.25) is 9.59 Å². The van der Waals surface area contributed by atoms with Gasteiger partial charge >= 0.3 is 0 Å². The second kappa shape index (κ2) is 9.58. The molecule has 0 fully saturated rings. The minimum atomic E-state index is -0.400. The summed E-state index contributed by atoms with van der Waals surface area (Å²) < 4.78 is 0.570. The number of hydrogen-bond donors (Lipinski definition) is 2. The van der Waals surface area contributed by atoms with Crippen LogP contribution in [0.2, 0.25) is 0 Å². The van der Waals surface area contributed by atoms with E-state index in [0.717, 1.165) is 5.52 Å². The highest BCUT2D eigenvalue weighted by molar-refractivity contribution is 7.17. The van der Waals surface area contributed by atoms with Crippen molar-refractivity contribution < 1.29 is 4.79 Å². The SMILES string of the molecule is CC.CC.O=C(Nc1ccccc1)c1c[nH]c2ccsc2c1=O. The molecule has 5 heteroatoms. The number of hydrogen-bond acceptors (Lipinski definition) is 3. The number of carbonyl (C=O) groups excluding carboxylic acids is 1. The van der Waals surface area contributed by atoms with Gasteiger partial charge in [0, 0.05) is 11.9 Å². The molecule has 2 aromatic heterocycles. The van der Waals surface area contributed by atoms with Crippen molar-refractivity contribution in [1.82, 2.24) is 4.98 Å². The van der Waals surface area contributed by atoms with Gasteiger partial charge in [-0.1, -0.05) is 45.9 Å². The van der Waals surface area contributed by atoms with Crippen molar-refractivity contribution in [3.63, 3.8) is 0 Å². The van der Waals surface area contributed by atoms with Crippen LogP contribution in [-0.2, 0) is 0 Å². The van der Waals surface area contributed by atoms with Gasteiger partial charge in [-0.15, -0.1) is 11.3 Å². The number of H-pyrrole nitrogens is 1. The van der Waals surface area contributed by atoms with E-state index in [1.165, 1.54) is 17.5 Å². The van der Waals surface area contributed by atoms with Gasteiger partial charge in [-0.25, -0.2) is 0 Å². The molecular weight excluding hydrogens is 308 g/mol. The average molecular weight is 330 g/mol. The van der Waals surface area contributed by atoms with Crippen molar-refractivity contribution in [2.24, 2.45) is 0 Å². The van der Waals surface area contributed by atoms with Gasteiger partial charge in [0.1, 0.15) is 5.56 Å². The minimum Gasteiger partial charge on any atom is -0.359 e. The number of aromatic amines is 1. The summed E-state index contributed by atoms with van der Waals surface area (Å²) in [6.07, 6.45) is 1.45. The van der Waals surface area contributed by atoms with E-state index in [1.54, 1.807) is 12.1 Å². The van der Waals surface area contributed by atoms with Crippen molar-refractivity contribution in [1.29, 1.82) is 0 Å². The topological polar surface area (TPSA) is 62.0 Å². The number of carbonyl (C=O) groups is 1. The van der Waals surface area contributed by atoms with E-state index in [2.05, 4.69) is 10.3 Å². The molecule has 3 aromatic rings. The van der Waals surface area contributed by atoms with Crippen molar-refractivity contribution in [3.8, 4) is 0 Å². The van der Waals surface area contributed by atoms with Crippen LogP contribution in [0.3, 0.4) is 0 Å². The van der Waals surface area contributed by atoms with E-state index in [4.69, 9.17) is 0 Å². The predicted molar refractivity (Wildman–Crippen MR) is 99.5 cm³/mol. The van der Waals surface area contributed by atoms with Crippen LogP contribution in [0, 0.1) is 0 Å². The quantitative estimate of drug-likeness (QED) is 0.702. The zero-order valence-corrected chi connectivity index (χ0v) is 14.7. The highest BCUT2D eigenvalue weighted by Crippen LogP contribution is 2.15. The van der Waals surface area contributed by atoms with Gasteiger partial charge in [0.05, 0.1) is 10.2 Å². The summed E-state index contributed by atoms with van der Waals surface area (Å²) in [4.78, 5) is 27.2. The van der Waals surface area contributed by atoms with E-state index < -0.39 is 5.91 Å². The maximum atomic E-state index is 12.2. The Morgan fingerprint density at radius 2 is 1.70 bits per heavy atom. The van der Waals surface area contributed by atoms with Crippen LogP contribution in [-0.4, -0.2) is 10.9 Å². The molecule has 0 saturated heterocycles. The van der Waals surface area contributed by atoms with Crippen LogP contribution in [0.1, 0.15) is 38.1 Å². The molecule has 4 nitrogen and oxygen atoms in total. The largest absolute Gasteiger partial charge is 0.359 e. The van der Waals surface area contributed by atoms with Crippen LogP contribution >= 0.6 is 11.3 Å².